The summed E-state index contributed by atoms with van der Waals surface area (Å²) >= 11 is 13.7. The number of epoxide rings is 1. The molecule has 0 radical (unpaired) electrons. The molecule has 2 aliphatic heterocycles. The van der Waals surface area contributed by atoms with E-state index in [1.807, 2.05) is 13.8 Å². The van der Waals surface area contributed by atoms with Crippen molar-refractivity contribution in [1.29, 1.82) is 0 Å². The largest absolute Gasteiger partial charge is 0.496 e. The molecule has 2 amide bonds. The normalized spacial score (nSPS) is 18.0. The highest BCUT2D eigenvalue weighted by atomic mass is 35.5. The molecule has 2 heterocycles. The van der Waals surface area contributed by atoms with Gasteiger partial charge in [0.25, 0.3) is 11.8 Å². The average Bonchev–Trinajstić information content (AvgIpc) is 3.77. The minimum absolute atomic E-state index is 0.0414. The molecule has 1 saturated heterocycles. The zero-order valence-corrected chi connectivity index (χ0v) is 25.3. The molecule has 0 aliphatic carbocycles. The van der Waals surface area contributed by atoms with Crippen molar-refractivity contribution in [3.05, 3.63) is 81.7 Å². The van der Waals surface area contributed by atoms with Gasteiger partial charge in [0.05, 0.1) is 22.8 Å². The third-order valence-electron chi connectivity index (χ3n) is 7.27. The van der Waals surface area contributed by atoms with Crippen molar-refractivity contribution >= 4 is 40.7 Å². The van der Waals surface area contributed by atoms with E-state index >= 15 is 4.39 Å². The number of fused-ring (bicyclic) bond motifs is 1. The van der Waals surface area contributed by atoms with E-state index in [0.717, 1.165) is 0 Å². The van der Waals surface area contributed by atoms with Gasteiger partial charge in [0, 0.05) is 55.1 Å². The fourth-order valence-electron chi connectivity index (χ4n) is 4.89. The number of likely N-dealkylation sites (N-methyl/N-ethyl adjacent to an activating group) is 2. The first-order valence-electron chi connectivity index (χ1n) is 13.4. The summed E-state index contributed by atoms with van der Waals surface area (Å²) < 4.78 is 26.2. The minimum Gasteiger partial charge on any atom is -0.496 e. The Balaban J connectivity index is 1.46. The third-order valence-corrected chi connectivity index (χ3v) is 8.08. The van der Waals surface area contributed by atoms with Gasteiger partial charge in [-0.3, -0.25) is 9.59 Å². The van der Waals surface area contributed by atoms with E-state index in [9.17, 15) is 9.59 Å². The summed E-state index contributed by atoms with van der Waals surface area (Å²) in [6, 6.07) is 13.9. The highest BCUT2D eigenvalue weighted by Gasteiger charge is 2.50. The number of carbonyl (C=O) groups is 2. The smallest absolute Gasteiger partial charge is 0.262 e. The first kappa shape index (κ1) is 29.8. The maximum Gasteiger partial charge on any atom is 0.262 e. The molecule has 2 aliphatic rings. The van der Waals surface area contributed by atoms with Crippen LogP contribution in [-0.4, -0.2) is 61.3 Å². The summed E-state index contributed by atoms with van der Waals surface area (Å²) in [5, 5.41) is 6.56. The second-order valence-electron chi connectivity index (χ2n) is 10.5. The Morgan fingerprint density at radius 2 is 1.71 bits per heavy atom. The van der Waals surface area contributed by atoms with Crippen molar-refractivity contribution < 1.29 is 23.5 Å². The summed E-state index contributed by atoms with van der Waals surface area (Å²) in [6.45, 7) is 4.29. The minimum atomic E-state index is -0.603. The lowest BCUT2D eigenvalue weighted by Crippen LogP contribution is -2.34. The second-order valence-corrected chi connectivity index (χ2v) is 11.3. The van der Waals surface area contributed by atoms with Crippen LogP contribution in [0.2, 0.25) is 10.0 Å². The molecule has 0 aromatic heterocycles. The van der Waals surface area contributed by atoms with Crippen LogP contribution in [-0.2, 0) is 20.9 Å². The predicted octanol–water partition coefficient (Wildman–Crippen LogP) is 5.88. The zero-order chi connectivity index (χ0) is 30.3. The summed E-state index contributed by atoms with van der Waals surface area (Å²) in [5.41, 5.74) is 2.96. The van der Waals surface area contributed by atoms with Gasteiger partial charge in [-0.1, -0.05) is 67.4 Å². The molecule has 2 N–H and O–H groups in total. The predicted molar refractivity (Wildman–Crippen MR) is 162 cm³/mol. The molecule has 8 nitrogen and oxygen atoms in total. The summed E-state index contributed by atoms with van der Waals surface area (Å²) in [5.74, 6) is -1.07. The van der Waals surface area contributed by atoms with Crippen molar-refractivity contribution in [2.24, 2.45) is 0 Å². The maximum atomic E-state index is 15.2. The van der Waals surface area contributed by atoms with Gasteiger partial charge in [-0.05, 0) is 23.8 Å². The number of anilines is 1. The molecule has 11 heteroatoms. The Labute approximate surface area is 254 Å². The Kier molecular flexibility index (Phi) is 8.48. The van der Waals surface area contributed by atoms with E-state index in [-0.39, 0.29) is 22.9 Å². The second kappa shape index (κ2) is 11.9. The zero-order valence-electron chi connectivity index (χ0n) is 23.8. The van der Waals surface area contributed by atoms with Gasteiger partial charge < -0.3 is 29.9 Å². The molecule has 3 aromatic rings. The number of amides is 2. The molecule has 0 bridgehead atoms. The Hall–Kier alpha value is -3.63. The molecule has 0 saturated carbocycles. The number of hydrogen-bond acceptors (Lipinski definition) is 6. The van der Waals surface area contributed by atoms with Crippen molar-refractivity contribution in [3.8, 4) is 28.0 Å². The molecular formula is C31H31Cl2FN4O4. The molecule has 2 unspecified atom stereocenters. The molecule has 1 fully saturated rings. The van der Waals surface area contributed by atoms with Crippen LogP contribution in [0.4, 0.5) is 10.1 Å². The van der Waals surface area contributed by atoms with Crippen LogP contribution in [0, 0.1) is 5.82 Å². The highest BCUT2D eigenvalue weighted by molar-refractivity contribution is 6.40. The summed E-state index contributed by atoms with van der Waals surface area (Å²) in [7, 11) is 4.83. The Morgan fingerprint density at radius 1 is 1.05 bits per heavy atom. The number of ether oxygens (including phenoxy) is 2. The van der Waals surface area contributed by atoms with Gasteiger partial charge >= 0.3 is 0 Å². The molecular weight excluding hydrogens is 582 g/mol. The Morgan fingerprint density at radius 3 is 2.40 bits per heavy atom. The number of nitrogens with one attached hydrogen (secondary N) is 2. The number of nitrogens with zero attached hydrogens (tertiary/aromatic N) is 2. The van der Waals surface area contributed by atoms with E-state index in [1.165, 1.54) is 24.3 Å². The van der Waals surface area contributed by atoms with Crippen LogP contribution in [0.15, 0.2) is 60.3 Å². The molecule has 0 spiro atoms. The van der Waals surface area contributed by atoms with Crippen LogP contribution in [0.3, 0.4) is 0 Å². The van der Waals surface area contributed by atoms with Gasteiger partial charge in [0.2, 0.25) is 0 Å². The maximum absolute atomic E-state index is 15.2. The fourth-order valence-corrected chi connectivity index (χ4v) is 5.50. The van der Waals surface area contributed by atoms with E-state index in [2.05, 4.69) is 10.6 Å². The molecule has 2 atom stereocenters. The number of rotatable bonds is 8. The van der Waals surface area contributed by atoms with Gasteiger partial charge in [-0.2, -0.15) is 0 Å². The summed E-state index contributed by atoms with van der Waals surface area (Å²) in [6.07, 6.45) is 0.792. The lowest BCUT2D eigenvalue weighted by Gasteiger charge is -2.18. The monoisotopic (exact) mass is 612 g/mol. The van der Waals surface area contributed by atoms with E-state index in [4.69, 9.17) is 32.7 Å². The topological polar surface area (TPSA) is 86.4 Å². The van der Waals surface area contributed by atoms with Gasteiger partial charge in [-0.15, -0.1) is 0 Å². The number of hydrogen-bond donors (Lipinski definition) is 2. The molecule has 220 valence electrons. The van der Waals surface area contributed by atoms with Gasteiger partial charge in [0.15, 0.2) is 12.5 Å². The van der Waals surface area contributed by atoms with Crippen LogP contribution in [0.1, 0.15) is 19.4 Å². The van der Waals surface area contributed by atoms with Crippen LogP contribution >= 0.6 is 23.2 Å². The van der Waals surface area contributed by atoms with E-state index in [0.29, 0.717) is 50.8 Å². The summed E-state index contributed by atoms with van der Waals surface area (Å²) in [4.78, 5) is 29.2. The van der Waals surface area contributed by atoms with Crippen molar-refractivity contribution in [1.82, 2.24) is 15.1 Å². The first-order chi connectivity index (χ1) is 20.0. The van der Waals surface area contributed by atoms with Gasteiger partial charge in [0.1, 0.15) is 17.1 Å². The van der Waals surface area contributed by atoms with Crippen LogP contribution < -0.4 is 15.4 Å². The van der Waals surface area contributed by atoms with Crippen LogP contribution in [0.25, 0.3) is 22.3 Å². The quantitative estimate of drug-likeness (QED) is 0.244. The van der Waals surface area contributed by atoms with E-state index < -0.39 is 23.9 Å². The fraction of sp³-hybridized carbons (Fsp3) is 0.290. The SMILES string of the molecule is COc1cc(-c2cccc(-c3cccc(NC(=O)C4=CN(C)C5OC5N(C)C4=O)c3Cl)c2Cl)cc(F)c1CNC(C)C. The third kappa shape index (κ3) is 5.70. The average molecular weight is 614 g/mol. The van der Waals surface area contributed by atoms with Crippen molar-refractivity contribution in [2.45, 2.75) is 38.9 Å². The van der Waals surface area contributed by atoms with Crippen molar-refractivity contribution in [3.63, 3.8) is 0 Å². The number of carbonyl (C=O) groups excluding carboxylic acids is 2. The van der Waals surface area contributed by atoms with Gasteiger partial charge in [-0.25, -0.2) is 4.39 Å². The lowest BCUT2D eigenvalue weighted by atomic mass is 9.97. The number of benzene rings is 3. The molecule has 5 rings (SSSR count). The molecule has 3 aromatic carbocycles. The van der Waals surface area contributed by atoms with Crippen LogP contribution in [0.5, 0.6) is 5.75 Å². The molecule has 42 heavy (non-hydrogen) atoms. The number of methoxy groups -OCH3 is 1. The number of halogens is 3. The van der Waals surface area contributed by atoms with Crippen molar-refractivity contribution in [2.75, 3.05) is 26.5 Å². The Bertz CT molecular complexity index is 1600. The highest BCUT2D eigenvalue weighted by Crippen LogP contribution is 2.42. The first-order valence-corrected chi connectivity index (χ1v) is 14.1. The lowest BCUT2D eigenvalue weighted by molar-refractivity contribution is -0.129. The standard InChI is InChI=1S/C31H31Cl2FN4O4/c1-16(2)35-14-21-23(34)12-17(13-25(21)41-5)18-8-6-9-19(26(18)32)20-10-7-11-24(27(20)33)36-28(39)22-15-37(3)30-31(42-30)38(4)29(22)40/h6-13,15-16,30-31,35H,14H2,1-5H3,(H,36,39). The van der Waals surface area contributed by atoms with E-state index in [1.54, 1.807) is 61.5 Å².